The van der Waals surface area contributed by atoms with Crippen molar-refractivity contribution >= 4 is 57.4 Å². The fourth-order valence-electron chi connectivity index (χ4n) is 5.00. The van der Waals surface area contributed by atoms with Crippen molar-refractivity contribution in [3.63, 3.8) is 0 Å². The molecular formula is C39H41Cl3FN3O4. The number of likely N-dealkylation sites (N-methyl/N-ethyl adjacent to an activating group) is 1. The SMILES string of the molecule is CC(C)C.CN(CCOC(=O)CNCCCOc1cc(-c2ccc(F)cc2Cl)c2ccc(=O)n(-c3c(Cl)cccc3Cl)c2c1)c1ccccc1. The first-order valence-corrected chi connectivity index (χ1v) is 17.4. The normalized spacial score (nSPS) is 10.9. The Labute approximate surface area is 307 Å². The van der Waals surface area contributed by atoms with Gasteiger partial charge >= 0.3 is 5.97 Å². The van der Waals surface area contributed by atoms with Crippen LogP contribution in [0.1, 0.15) is 27.2 Å². The number of halogens is 4. The number of para-hydroxylation sites is 2. The summed E-state index contributed by atoms with van der Waals surface area (Å²) in [6, 6.07) is 25.6. The van der Waals surface area contributed by atoms with Crippen molar-refractivity contribution in [3.05, 3.63) is 122 Å². The molecule has 0 saturated heterocycles. The lowest BCUT2D eigenvalue weighted by atomic mass is 9.99. The van der Waals surface area contributed by atoms with Gasteiger partial charge in [-0.3, -0.25) is 14.2 Å². The van der Waals surface area contributed by atoms with Gasteiger partial charge in [-0.15, -0.1) is 0 Å². The molecular weight excluding hydrogens is 700 g/mol. The van der Waals surface area contributed by atoms with Crippen molar-refractivity contribution in [1.82, 2.24) is 9.88 Å². The zero-order valence-corrected chi connectivity index (χ0v) is 30.8. The van der Waals surface area contributed by atoms with Crippen LogP contribution < -0.4 is 20.5 Å². The Bertz CT molecular complexity index is 1930. The number of rotatable bonds is 13. The fraction of sp³-hybridized carbons (Fsp3) is 0.282. The maximum atomic E-state index is 13.9. The molecule has 1 N–H and O–H groups in total. The Balaban J connectivity index is 0.00000133. The van der Waals surface area contributed by atoms with E-state index in [-0.39, 0.29) is 29.7 Å². The summed E-state index contributed by atoms with van der Waals surface area (Å²) in [6.07, 6.45) is 0.576. The van der Waals surface area contributed by atoms with Crippen molar-refractivity contribution in [1.29, 1.82) is 0 Å². The molecule has 0 fully saturated rings. The second kappa shape index (κ2) is 18.8. The van der Waals surface area contributed by atoms with E-state index in [2.05, 4.69) is 26.1 Å². The van der Waals surface area contributed by atoms with Crippen LogP contribution in [0.4, 0.5) is 10.1 Å². The first-order valence-electron chi connectivity index (χ1n) is 16.3. The number of nitrogens with zero attached hydrogens (tertiary/aromatic N) is 2. The van der Waals surface area contributed by atoms with E-state index >= 15 is 0 Å². The van der Waals surface area contributed by atoms with Crippen molar-refractivity contribution in [2.45, 2.75) is 27.2 Å². The molecule has 0 aliphatic carbocycles. The third-order valence-electron chi connectivity index (χ3n) is 7.29. The molecule has 0 aliphatic rings. The second-order valence-corrected chi connectivity index (χ2v) is 13.4. The number of pyridine rings is 1. The molecule has 11 heteroatoms. The van der Waals surface area contributed by atoms with Gasteiger partial charge in [-0.2, -0.15) is 0 Å². The summed E-state index contributed by atoms with van der Waals surface area (Å²) in [7, 11) is 1.94. The van der Waals surface area contributed by atoms with Crippen LogP contribution in [0.25, 0.3) is 27.7 Å². The van der Waals surface area contributed by atoms with Gasteiger partial charge in [-0.25, -0.2) is 4.39 Å². The summed E-state index contributed by atoms with van der Waals surface area (Å²) >= 11 is 19.5. The molecule has 1 heterocycles. The van der Waals surface area contributed by atoms with Crippen LogP contribution in [0.5, 0.6) is 5.75 Å². The Morgan fingerprint density at radius 2 is 1.56 bits per heavy atom. The standard InChI is InChI=1S/C35H31Cl3FN3O4.C4H10/c1-41(24-7-3-2-4-8-24)16-18-46-34(44)22-40-15-6-17-45-25-20-28(26-12-11-23(39)19-31(26)38)27-13-14-33(43)42(32(27)21-25)35-29(36)9-5-10-30(35)37;1-4(2)3/h2-5,7-14,19-21,40H,6,15-18,22H2,1H3;4H,1-3H3. The highest BCUT2D eigenvalue weighted by molar-refractivity contribution is 6.38. The minimum atomic E-state index is -0.471. The van der Waals surface area contributed by atoms with E-state index < -0.39 is 5.82 Å². The van der Waals surface area contributed by atoms with Crippen LogP contribution in [-0.4, -0.2) is 50.4 Å². The van der Waals surface area contributed by atoms with E-state index in [1.807, 2.05) is 42.3 Å². The molecule has 5 rings (SSSR count). The van der Waals surface area contributed by atoms with E-state index in [4.69, 9.17) is 44.3 Å². The van der Waals surface area contributed by atoms with Gasteiger partial charge in [0.05, 0.1) is 46.0 Å². The molecule has 0 bridgehead atoms. The van der Waals surface area contributed by atoms with Gasteiger partial charge in [0.25, 0.3) is 5.56 Å². The topological polar surface area (TPSA) is 72.8 Å². The van der Waals surface area contributed by atoms with E-state index in [1.165, 1.54) is 22.8 Å². The third-order valence-corrected chi connectivity index (χ3v) is 8.21. The second-order valence-electron chi connectivity index (χ2n) is 12.2. The number of nitrogens with one attached hydrogen (secondary N) is 1. The van der Waals surface area contributed by atoms with Crippen LogP contribution in [-0.2, 0) is 9.53 Å². The summed E-state index contributed by atoms with van der Waals surface area (Å²) in [6.45, 7) is 8.24. The summed E-state index contributed by atoms with van der Waals surface area (Å²) in [5.74, 6) is 0.474. The first kappa shape index (κ1) is 38.7. The Morgan fingerprint density at radius 3 is 2.24 bits per heavy atom. The molecule has 0 unspecified atom stereocenters. The molecule has 0 amide bonds. The van der Waals surface area contributed by atoms with Crippen LogP contribution in [0.15, 0.2) is 95.8 Å². The van der Waals surface area contributed by atoms with Crippen LogP contribution >= 0.6 is 34.8 Å². The number of carbonyl (C=O) groups excluding carboxylic acids is 1. The van der Waals surface area contributed by atoms with E-state index in [0.717, 1.165) is 11.6 Å². The number of benzene rings is 4. The minimum Gasteiger partial charge on any atom is -0.493 e. The van der Waals surface area contributed by atoms with E-state index in [9.17, 15) is 14.0 Å². The van der Waals surface area contributed by atoms with E-state index in [1.54, 1.807) is 42.5 Å². The van der Waals surface area contributed by atoms with Gasteiger partial charge in [0.1, 0.15) is 18.2 Å². The molecule has 4 aromatic carbocycles. The number of anilines is 1. The summed E-state index contributed by atoms with van der Waals surface area (Å²) in [4.78, 5) is 27.4. The molecule has 0 aliphatic heterocycles. The van der Waals surface area contributed by atoms with Gasteiger partial charge in [0.2, 0.25) is 0 Å². The Morgan fingerprint density at radius 1 is 0.860 bits per heavy atom. The number of ether oxygens (including phenoxy) is 2. The van der Waals surface area contributed by atoms with Crippen molar-refractivity contribution in [2.75, 3.05) is 44.8 Å². The smallest absolute Gasteiger partial charge is 0.319 e. The number of aromatic nitrogens is 1. The Kier molecular flexibility index (Phi) is 14.5. The zero-order valence-electron chi connectivity index (χ0n) is 28.5. The summed E-state index contributed by atoms with van der Waals surface area (Å²) < 4.78 is 26.8. The quantitative estimate of drug-likeness (QED) is 0.0958. The predicted octanol–water partition coefficient (Wildman–Crippen LogP) is 9.46. The monoisotopic (exact) mass is 739 g/mol. The Hall–Kier alpha value is -4.08. The summed E-state index contributed by atoms with van der Waals surface area (Å²) in [5.41, 5.74) is 2.70. The number of hydrogen-bond donors (Lipinski definition) is 1. The van der Waals surface area contributed by atoms with Crippen molar-refractivity contribution < 1.29 is 18.7 Å². The number of hydrogen-bond acceptors (Lipinski definition) is 6. The molecule has 264 valence electrons. The van der Waals surface area contributed by atoms with Gasteiger partial charge in [-0.05, 0) is 79.0 Å². The number of esters is 1. The molecule has 0 saturated carbocycles. The highest BCUT2D eigenvalue weighted by Gasteiger charge is 2.18. The zero-order chi connectivity index (χ0) is 36.2. The maximum Gasteiger partial charge on any atom is 0.319 e. The predicted molar refractivity (Wildman–Crippen MR) is 204 cm³/mol. The number of carbonyl (C=O) groups is 1. The maximum absolute atomic E-state index is 13.9. The van der Waals surface area contributed by atoms with Crippen molar-refractivity contribution in [3.8, 4) is 22.6 Å². The van der Waals surface area contributed by atoms with Crippen LogP contribution in [0.2, 0.25) is 15.1 Å². The molecule has 7 nitrogen and oxygen atoms in total. The molecule has 50 heavy (non-hydrogen) atoms. The fourth-order valence-corrected chi connectivity index (χ4v) is 5.84. The average Bonchev–Trinajstić information content (AvgIpc) is 3.07. The van der Waals surface area contributed by atoms with Gasteiger partial charge in [-0.1, -0.05) is 79.8 Å². The van der Waals surface area contributed by atoms with Gasteiger partial charge < -0.3 is 19.7 Å². The highest BCUT2D eigenvalue weighted by atomic mass is 35.5. The molecule has 1 aromatic heterocycles. The average molecular weight is 741 g/mol. The molecule has 5 aromatic rings. The van der Waals surface area contributed by atoms with Crippen LogP contribution in [0, 0.1) is 11.7 Å². The molecule has 0 atom stereocenters. The third kappa shape index (κ3) is 10.7. The first-order chi connectivity index (χ1) is 24.0. The van der Waals surface area contributed by atoms with Crippen molar-refractivity contribution in [2.24, 2.45) is 5.92 Å². The van der Waals surface area contributed by atoms with Crippen LogP contribution in [0.3, 0.4) is 0 Å². The van der Waals surface area contributed by atoms with Gasteiger partial charge in [0.15, 0.2) is 0 Å². The van der Waals surface area contributed by atoms with E-state index in [0.29, 0.717) is 69.6 Å². The minimum absolute atomic E-state index is 0.0725. The highest BCUT2D eigenvalue weighted by Crippen LogP contribution is 2.38. The lowest BCUT2D eigenvalue weighted by Gasteiger charge is -2.19. The molecule has 0 radical (unpaired) electrons. The lowest BCUT2D eigenvalue weighted by Crippen LogP contribution is -2.29. The molecule has 0 spiro atoms. The largest absolute Gasteiger partial charge is 0.493 e. The number of fused-ring (bicyclic) bond motifs is 1. The lowest BCUT2D eigenvalue weighted by molar-refractivity contribution is -0.142. The summed E-state index contributed by atoms with van der Waals surface area (Å²) in [5, 5.41) is 4.53. The van der Waals surface area contributed by atoms with Gasteiger partial charge in [0, 0.05) is 35.8 Å².